The number of carboxylic acids is 1. The standard InChI is InChI=1S/C14H18N2O4/c1-2-15-12(17)9-8-11(14(19)20)16-13(18)10-6-4-3-5-7-10/h3-7,11H,2,8-9H2,1H3,(H,15,17)(H,16,18)(H,19,20). The van der Waals surface area contributed by atoms with Gasteiger partial charge < -0.3 is 15.7 Å². The summed E-state index contributed by atoms with van der Waals surface area (Å²) in [6.45, 7) is 2.27. The van der Waals surface area contributed by atoms with Gasteiger partial charge in [-0.05, 0) is 25.5 Å². The van der Waals surface area contributed by atoms with Crippen LogP contribution in [0.2, 0.25) is 0 Å². The van der Waals surface area contributed by atoms with Crippen LogP contribution >= 0.6 is 0 Å². The number of hydrogen-bond acceptors (Lipinski definition) is 3. The first kappa shape index (κ1) is 15.7. The lowest BCUT2D eigenvalue weighted by Crippen LogP contribution is -2.41. The van der Waals surface area contributed by atoms with Gasteiger partial charge in [-0.25, -0.2) is 4.79 Å². The summed E-state index contributed by atoms with van der Waals surface area (Å²) in [7, 11) is 0. The molecule has 3 N–H and O–H groups in total. The number of carboxylic acid groups (broad SMARTS) is 1. The minimum Gasteiger partial charge on any atom is -0.480 e. The number of aliphatic carboxylic acids is 1. The highest BCUT2D eigenvalue weighted by Gasteiger charge is 2.21. The Morgan fingerprint density at radius 3 is 2.40 bits per heavy atom. The second-order valence-corrected chi connectivity index (χ2v) is 4.22. The van der Waals surface area contributed by atoms with Crippen molar-refractivity contribution < 1.29 is 19.5 Å². The zero-order valence-corrected chi connectivity index (χ0v) is 11.3. The van der Waals surface area contributed by atoms with Crippen LogP contribution in [0, 0.1) is 0 Å². The molecule has 0 fully saturated rings. The first-order chi connectivity index (χ1) is 9.54. The minimum absolute atomic E-state index is 0.0553. The van der Waals surface area contributed by atoms with Crippen LogP contribution in [0.3, 0.4) is 0 Å². The molecule has 0 saturated carbocycles. The number of hydrogen-bond donors (Lipinski definition) is 3. The number of rotatable bonds is 7. The summed E-state index contributed by atoms with van der Waals surface area (Å²) in [5.41, 5.74) is 0.386. The van der Waals surface area contributed by atoms with E-state index in [1.807, 2.05) is 0 Å². The predicted molar refractivity (Wildman–Crippen MR) is 73.2 cm³/mol. The molecule has 1 aromatic carbocycles. The van der Waals surface area contributed by atoms with Crippen LogP contribution in [0.4, 0.5) is 0 Å². The van der Waals surface area contributed by atoms with Crippen LogP contribution in [-0.4, -0.2) is 35.5 Å². The smallest absolute Gasteiger partial charge is 0.326 e. The van der Waals surface area contributed by atoms with E-state index in [2.05, 4.69) is 10.6 Å². The summed E-state index contributed by atoms with van der Waals surface area (Å²) in [6.07, 6.45) is 0.111. The molecule has 2 amide bonds. The van der Waals surface area contributed by atoms with E-state index >= 15 is 0 Å². The predicted octanol–water partition coefficient (Wildman–Crippen LogP) is 0.786. The fourth-order valence-electron chi connectivity index (χ4n) is 1.65. The Bertz CT molecular complexity index is 473. The number of carbonyl (C=O) groups is 3. The van der Waals surface area contributed by atoms with Crippen molar-refractivity contribution >= 4 is 17.8 Å². The summed E-state index contributed by atoms with van der Waals surface area (Å²) in [5, 5.41) is 14.1. The molecule has 108 valence electrons. The third-order valence-corrected chi connectivity index (χ3v) is 2.67. The third kappa shape index (κ3) is 5.09. The molecular weight excluding hydrogens is 260 g/mol. The topological polar surface area (TPSA) is 95.5 Å². The summed E-state index contributed by atoms with van der Waals surface area (Å²) >= 11 is 0. The normalized spacial score (nSPS) is 11.4. The van der Waals surface area contributed by atoms with Crippen LogP contribution in [0.25, 0.3) is 0 Å². The highest BCUT2D eigenvalue weighted by atomic mass is 16.4. The lowest BCUT2D eigenvalue weighted by molar-refractivity contribution is -0.139. The molecule has 0 radical (unpaired) electrons. The van der Waals surface area contributed by atoms with Crippen molar-refractivity contribution in [3.05, 3.63) is 35.9 Å². The Hall–Kier alpha value is -2.37. The van der Waals surface area contributed by atoms with Gasteiger partial charge >= 0.3 is 5.97 Å². The van der Waals surface area contributed by atoms with Gasteiger partial charge in [-0.3, -0.25) is 9.59 Å². The van der Waals surface area contributed by atoms with Crippen LogP contribution in [-0.2, 0) is 9.59 Å². The molecule has 1 aromatic rings. The van der Waals surface area contributed by atoms with Crippen LogP contribution in [0.15, 0.2) is 30.3 Å². The minimum atomic E-state index is -1.15. The zero-order chi connectivity index (χ0) is 15.0. The van der Waals surface area contributed by atoms with E-state index in [9.17, 15) is 14.4 Å². The second-order valence-electron chi connectivity index (χ2n) is 4.22. The Morgan fingerprint density at radius 1 is 1.20 bits per heavy atom. The van der Waals surface area contributed by atoms with Crippen molar-refractivity contribution in [3.8, 4) is 0 Å². The number of nitrogens with one attached hydrogen (secondary N) is 2. The number of carbonyl (C=O) groups excluding carboxylic acids is 2. The van der Waals surface area contributed by atoms with Crippen LogP contribution in [0.5, 0.6) is 0 Å². The van der Waals surface area contributed by atoms with Gasteiger partial charge in [0.1, 0.15) is 6.04 Å². The Kier molecular flexibility index (Phi) is 6.22. The largest absolute Gasteiger partial charge is 0.480 e. The van der Waals surface area contributed by atoms with Crippen molar-refractivity contribution in [3.63, 3.8) is 0 Å². The van der Waals surface area contributed by atoms with Crippen LogP contribution < -0.4 is 10.6 Å². The van der Waals surface area contributed by atoms with Gasteiger partial charge in [0.2, 0.25) is 5.91 Å². The average molecular weight is 278 g/mol. The van der Waals surface area contributed by atoms with E-state index < -0.39 is 17.9 Å². The summed E-state index contributed by atoms with van der Waals surface area (Å²) < 4.78 is 0. The molecule has 0 heterocycles. The average Bonchev–Trinajstić information content (AvgIpc) is 2.44. The quantitative estimate of drug-likeness (QED) is 0.687. The molecule has 6 nitrogen and oxygen atoms in total. The lowest BCUT2D eigenvalue weighted by Gasteiger charge is -2.14. The first-order valence-electron chi connectivity index (χ1n) is 6.40. The van der Waals surface area contributed by atoms with Gasteiger partial charge in [-0.2, -0.15) is 0 Å². The molecule has 0 bridgehead atoms. The van der Waals surface area contributed by atoms with Crippen molar-refractivity contribution in [2.45, 2.75) is 25.8 Å². The van der Waals surface area contributed by atoms with Crippen molar-refractivity contribution in [2.75, 3.05) is 6.54 Å². The van der Waals surface area contributed by atoms with Gasteiger partial charge in [-0.1, -0.05) is 18.2 Å². The Labute approximate surface area is 117 Å². The molecule has 0 spiro atoms. The molecular formula is C14H18N2O4. The maximum absolute atomic E-state index is 11.9. The molecule has 0 aliphatic heterocycles. The Morgan fingerprint density at radius 2 is 1.85 bits per heavy atom. The van der Waals surface area contributed by atoms with Crippen LogP contribution in [0.1, 0.15) is 30.1 Å². The maximum Gasteiger partial charge on any atom is 0.326 e. The molecule has 20 heavy (non-hydrogen) atoms. The highest BCUT2D eigenvalue weighted by Crippen LogP contribution is 2.03. The molecule has 6 heteroatoms. The van der Waals surface area contributed by atoms with E-state index in [1.165, 1.54) is 0 Å². The number of benzene rings is 1. The maximum atomic E-state index is 11.9. The lowest BCUT2D eigenvalue weighted by atomic mass is 10.1. The molecule has 0 aliphatic rings. The molecule has 1 atom stereocenters. The highest BCUT2D eigenvalue weighted by molar-refractivity contribution is 5.96. The van der Waals surface area contributed by atoms with Crippen molar-refractivity contribution in [1.29, 1.82) is 0 Å². The van der Waals surface area contributed by atoms with Crippen molar-refractivity contribution in [1.82, 2.24) is 10.6 Å². The van der Waals surface area contributed by atoms with Gasteiger partial charge in [0.25, 0.3) is 5.91 Å². The molecule has 0 aromatic heterocycles. The second kappa shape index (κ2) is 7.93. The van der Waals surface area contributed by atoms with Gasteiger partial charge in [-0.15, -0.1) is 0 Å². The van der Waals surface area contributed by atoms with Gasteiger partial charge in [0, 0.05) is 18.5 Å². The third-order valence-electron chi connectivity index (χ3n) is 2.67. The molecule has 1 rings (SSSR count). The summed E-state index contributed by atoms with van der Waals surface area (Å²) in [5.74, 6) is -1.85. The van der Waals surface area contributed by atoms with E-state index in [0.29, 0.717) is 12.1 Å². The SMILES string of the molecule is CCNC(=O)CCC(NC(=O)c1ccccc1)C(=O)O. The van der Waals surface area contributed by atoms with E-state index in [-0.39, 0.29) is 18.7 Å². The molecule has 1 unspecified atom stereocenters. The monoisotopic (exact) mass is 278 g/mol. The van der Waals surface area contributed by atoms with Gasteiger partial charge in [0.15, 0.2) is 0 Å². The van der Waals surface area contributed by atoms with Gasteiger partial charge in [0.05, 0.1) is 0 Å². The van der Waals surface area contributed by atoms with E-state index in [4.69, 9.17) is 5.11 Å². The molecule has 0 saturated heterocycles. The van der Waals surface area contributed by atoms with Crippen molar-refractivity contribution in [2.24, 2.45) is 0 Å². The van der Waals surface area contributed by atoms with E-state index in [0.717, 1.165) is 0 Å². The Balaban J connectivity index is 2.57. The number of amides is 2. The summed E-state index contributed by atoms with van der Waals surface area (Å²) in [4.78, 5) is 34.3. The van der Waals surface area contributed by atoms with E-state index in [1.54, 1.807) is 37.3 Å². The fraction of sp³-hybridized carbons (Fsp3) is 0.357. The fourth-order valence-corrected chi connectivity index (χ4v) is 1.65. The summed E-state index contributed by atoms with van der Waals surface area (Å²) in [6, 6.07) is 7.26. The first-order valence-corrected chi connectivity index (χ1v) is 6.40. The zero-order valence-electron chi connectivity index (χ0n) is 11.3. The molecule has 0 aliphatic carbocycles.